The minimum atomic E-state index is -0.00250. The molecule has 2 aromatic carbocycles. The molecule has 6 rings (SSSR count). The molecule has 148 valence electrons. The van der Waals surface area contributed by atoms with Gasteiger partial charge in [-0.05, 0) is 36.4 Å². The van der Waals surface area contributed by atoms with Crippen LogP contribution < -0.4 is 11.2 Å². The number of pyridine rings is 1. The van der Waals surface area contributed by atoms with Crippen molar-refractivity contribution >= 4 is 34.5 Å². The Labute approximate surface area is 179 Å². The van der Waals surface area contributed by atoms with Crippen molar-refractivity contribution in [2.75, 3.05) is 5.32 Å². The normalized spacial score (nSPS) is 21.1. The Bertz CT molecular complexity index is 1410. The summed E-state index contributed by atoms with van der Waals surface area (Å²) in [4.78, 5) is 14.0. The number of benzene rings is 2. The van der Waals surface area contributed by atoms with Gasteiger partial charge >= 0.3 is 0 Å². The number of nitrogens with zero attached hydrogens (tertiary/aromatic N) is 4. The lowest BCUT2D eigenvalue weighted by Crippen LogP contribution is -2.53. The maximum atomic E-state index is 6.81. The molecule has 3 N–H and O–H groups in total. The minimum absolute atomic E-state index is 0.00250. The third kappa shape index (κ3) is 2.85. The van der Waals surface area contributed by atoms with Crippen molar-refractivity contribution in [1.29, 1.82) is 0 Å². The number of fused-ring (bicyclic) bond motifs is 2. The molecule has 1 unspecified atom stereocenters. The number of para-hydroxylation sites is 1. The summed E-state index contributed by atoms with van der Waals surface area (Å²) in [6.07, 6.45) is 11.4. The van der Waals surface area contributed by atoms with E-state index in [0.29, 0.717) is 0 Å². The van der Waals surface area contributed by atoms with Crippen LogP contribution in [0.1, 0.15) is 5.56 Å². The summed E-state index contributed by atoms with van der Waals surface area (Å²) in [5.41, 5.74) is 5.58. The van der Waals surface area contributed by atoms with Gasteiger partial charge in [0.2, 0.25) is 5.70 Å². The quantitative estimate of drug-likeness (QED) is 0.490. The number of amidine groups is 1. The first-order chi connectivity index (χ1) is 15.2. The Morgan fingerprint density at radius 1 is 0.968 bits per heavy atom. The van der Waals surface area contributed by atoms with E-state index in [-0.39, 0.29) is 4.59 Å². The van der Waals surface area contributed by atoms with Crippen molar-refractivity contribution in [1.82, 2.24) is 4.98 Å². The predicted octanol–water partition coefficient (Wildman–Crippen LogP) is 4.69. The van der Waals surface area contributed by atoms with Crippen LogP contribution in [0.4, 0.5) is 11.5 Å². The first-order valence-electron chi connectivity index (χ1n) is 10.0. The van der Waals surface area contributed by atoms with E-state index in [1.54, 1.807) is 12.4 Å². The first-order valence-corrected chi connectivity index (χ1v) is 10.0. The van der Waals surface area contributed by atoms with Crippen LogP contribution in [0, 0.1) is 0 Å². The maximum absolute atomic E-state index is 6.81. The number of quaternary nitrogens is 1. The van der Waals surface area contributed by atoms with E-state index >= 15 is 0 Å². The Balaban J connectivity index is 1.41. The summed E-state index contributed by atoms with van der Waals surface area (Å²) in [6, 6.07) is 20.2. The lowest BCUT2D eigenvalue weighted by Gasteiger charge is -2.26. The minimum Gasteiger partial charge on any atom is -0.340 e. The largest absolute Gasteiger partial charge is 0.340 e. The molecule has 0 saturated carbocycles. The molecule has 0 fully saturated rings. The zero-order valence-electron chi connectivity index (χ0n) is 16.6. The standard InChI is InChI=1S/C25H19N6/c26-31-14-13-27-16-22(31)24(18-5-4-6-18)30-25(31)19-10-9-17-11-12-23(29-21(17)15-19)28-20-7-2-1-3-8-20/h1-16H,26H2,(H,28,29)/q+1. The Hall–Kier alpha value is -4.13. The first kappa shape index (κ1) is 17.7. The second kappa shape index (κ2) is 6.70. The molecule has 6 nitrogen and oxygen atoms in total. The van der Waals surface area contributed by atoms with E-state index in [0.717, 1.165) is 50.8 Å². The maximum Gasteiger partial charge on any atom is 0.265 e. The van der Waals surface area contributed by atoms with Gasteiger partial charge in [0.15, 0.2) is 0 Å². The highest BCUT2D eigenvalue weighted by Gasteiger charge is 2.44. The van der Waals surface area contributed by atoms with E-state index in [4.69, 9.17) is 15.8 Å². The summed E-state index contributed by atoms with van der Waals surface area (Å²) >= 11 is 0. The molecule has 0 saturated heterocycles. The van der Waals surface area contributed by atoms with E-state index < -0.39 is 0 Å². The van der Waals surface area contributed by atoms with Crippen molar-refractivity contribution in [3.8, 4) is 0 Å². The monoisotopic (exact) mass is 403 g/mol. The van der Waals surface area contributed by atoms with Gasteiger partial charge in [0.05, 0.1) is 23.5 Å². The molecule has 0 bridgehead atoms. The summed E-state index contributed by atoms with van der Waals surface area (Å²) < 4.78 is -0.00250. The summed E-state index contributed by atoms with van der Waals surface area (Å²) in [6.45, 7) is 0. The van der Waals surface area contributed by atoms with Crippen molar-refractivity contribution in [3.05, 3.63) is 114 Å². The van der Waals surface area contributed by atoms with E-state index in [1.165, 1.54) is 0 Å². The number of hydrogen-bond donors (Lipinski definition) is 2. The Morgan fingerprint density at radius 2 is 1.81 bits per heavy atom. The molecule has 0 radical (unpaired) electrons. The van der Waals surface area contributed by atoms with Crippen LogP contribution in [0.5, 0.6) is 0 Å². The molecule has 1 aromatic heterocycles. The molecule has 1 aliphatic carbocycles. The van der Waals surface area contributed by atoms with Crippen molar-refractivity contribution in [3.63, 3.8) is 0 Å². The van der Waals surface area contributed by atoms with Crippen LogP contribution in [-0.2, 0) is 0 Å². The van der Waals surface area contributed by atoms with Crippen molar-refractivity contribution in [2.24, 2.45) is 15.8 Å². The van der Waals surface area contributed by atoms with E-state index in [2.05, 4.69) is 22.4 Å². The Morgan fingerprint density at radius 3 is 2.61 bits per heavy atom. The van der Waals surface area contributed by atoms with Crippen LogP contribution in [0.15, 0.2) is 118 Å². The third-order valence-electron chi connectivity index (χ3n) is 5.62. The van der Waals surface area contributed by atoms with E-state index in [9.17, 15) is 0 Å². The third-order valence-corrected chi connectivity index (χ3v) is 5.62. The predicted molar refractivity (Wildman–Crippen MR) is 124 cm³/mol. The number of aliphatic imine (C=N–C) groups is 2. The number of allylic oxidation sites excluding steroid dienone is 4. The number of nitrogens with one attached hydrogen (secondary N) is 1. The van der Waals surface area contributed by atoms with Crippen LogP contribution >= 0.6 is 0 Å². The highest BCUT2D eigenvalue weighted by Crippen LogP contribution is 2.36. The van der Waals surface area contributed by atoms with Crippen LogP contribution in [-0.4, -0.2) is 21.6 Å². The van der Waals surface area contributed by atoms with Crippen molar-refractivity contribution < 1.29 is 4.59 Å². The summed E-state index contributed by atoms with van der Waals surface area (Å²) in [5.74, 6) is 8.35. The topological polar surface area (TPSA) is 75.7 Å². The number of nitrogens with two attached hydrogens (primary N) is 1. The van der Waals surface area contributed by atoms with Crippen LogP contribution in [0.25, 0.3) is 10.9 Å². The molecular formula is C25H19N6+. The van der Waals surface area contributed by atoms with Gasteiger partial charge < -0.3 is 5.32 Å². The van der Waals surface area contributed by atoms with Gasteiger partial charge in [0.1, 0.15) is 17.7 Å². The average molecular weight is 403 g/mol. The highest BCUT2D eigenvalue weighted by atomic mass is 15.6. The fraction of sp³-hybridized carbons (Fsp3) is 0. The highest BCUT2D eigenvalue weighted by molar-refractivity contribution is 6.03. The number of rotatable bonds is 4. The molecule has 3 aromatic rings. The number of hydrogen-bond acceptors (Lipinski definition) is 5. The van der Waals surface area contributed by atoms with Gasteiger partial charge in [-0.25, -0.2) is 4.98 Å². The molecule has 3 aliphatic rings. The molecule has 1 atom stereocenters. The molecule has 31 heavy (non-hydrogen) atoms. The fourth-order valence-corrected chi connectivity index (χ4v) is 3.94. The Kier molecular flexibility index (Phi) is 3.83. The zero-order valence-corrected chi connectivity index (χ0v) is 16.6. The average Bonchev–Trinajstić information content (AvgIpc) is 3.05. The van der Waals surface area contributed by atoms with Gasteiger partial charge in [-0.15, -0.1) is 4.59 Å². The lowest BCUT2D eigenvalue weighted by molar-refractivity contribution is -0.750. The van der Waals surface area contributed by atoms with Crippen LogP contribution in [0.3, 0.4) is 0 Å². The molecular weight excluding hydrogens is 384 g/mol. The number of aromatic nitrogens is 1. The fourth-order valence-electron chi connectivity index (χ4n) is 3.94. The second-order valence-electron chi connectivity index (χ2n) is 7.60. The molecule has 3 heterocycles. The van der Waals surface area contributed by atoms with Crippen molar-refractivity contribution in [2.45, 2.75) is 0 Å². The van der Waals surface area contributed by atoms with Crippen LogP contribution in [0.2, 0.25) is 0 Å². The smallest absolute Gasteiger partial charge is 0.265 e. The summed E-state index contributed by atoms with van der Waals surface area (Å²) in [5, 5.41) is 4.41. The molecule has 0 amide bonds. The van der Waals surface area contributed by atoms with Gasteiger partial charge in [0.25, 0.3) is 5.84 Å². The zero-order chi connectivity index (χ0) is 20.8. The molecule has 6 heteroatoms. The van der Waals surface area contributed by atoms with Gasteiger partial charge in [-0.2, -0.15) is 10.8 Å². The lowest BCUT2D eigenvalue weighted by atomic mass is 10.0. The van der Waals surface area contributed by atoms with Gasteiger partial charge in [-0.3, -0.25) is 4.99 Å². The second-order valence-corrected chi connectivity index (χ2v) is 7.60. The number of anilines is 2. The SMILES string of the molecule is N[N+]12C=CN=CC1=C(C1=CC=C1)N=C2c1ccc2ccc(Nc3ccccc3)nc2c1. The van der Waals surface area contributed by atoms with Gasteiger partial charge in [0, 0.05) is 16.6 Å². The summed E-state index contributed by atoms with van der Waals surface area (Å²) in [7, 11) is 0. The molecule has 0 spiro atoms. The van der Waals surface area contributed by atoms with E-state index in [1.807, 2.05) is 73.0 Å². The van der Waals surface area contributed by atoms with Gasteiger partial charge in [-0.1, -0.05) is 42.5 Å². The molecule has 2 aliphatic heterocycles.